The van der Waals surface area contributed by atoms with E-state index in [1.165, 1.54) is 7.11 Å². The van der Waals surface area contributed by atoms with Gasteiger partial charge in [-0.05, 0) is 35.2 Å². The molecule has 2 N–H and O–H groups in total. The van der Waals surface area contributed by atoms with Crippen LogP contribution in [0.4, 0.5) is 24.5 Å². The number of likely N-dealkylation sites (tertiary alicyclic amines) is 1. The molecule has 2 amide bonds. The number of rotatable bonds is 7. The van der Waals surface area contributed by atoms with Crippen LogP contribution in [0.25, 0.3) is 10.9 Å². The van der Waals surface area contributed by atoms with Gasteiger partial charge in [0.2, 0.25) is 10.0 Å². The van der Waals surface area contributed by atoms with Crippen LogP contribution in [0.15, 0.2) is 36.4 Å². The van der Waals surface area contributed by atoms with Crippen molar-refractivity contribution in [3.63, 3.8) is 0 Å². The van der Waals surface area contributed by atoms with Crippen LogP contribution < -0.4 is 19.5 Å². The van der Waals surface area contributed by atoms with Crippen LogP contribution >= 0.6 is 0 Å². The average molecular weight is 625 g/mol. The number of hydrogen-bond acceptors (Lipinski definition) is 6. The molecule has 10 nitrogen and oxygen atoms in total. The molecule has 2 aromatic carbocycles. The minimum absolute atomic E-state index is 0.0780. The Bertz CT molecular complexity index is 1650. The molecular formula is C29H35F3N4O6S. The van der Waals surface area contributed by atoms with Gasteiger partial charge in [-0.1, -0.05) is 32.9 Å². The van der Waals surface area contributed by atoms with E-state index in [4.69, 9.17) is 9.47 Å². The van der Waals surface area contributed by atoms with E-state index in [2.05, 4.69) is 10.0 Å². The average Bonchev–Trinajstić information content (AvgIpc) is 3.24. The SMILES string of the molecule is COc1c(NC(=O)c2cc3cccc(OC4CCN(C(=O)C(F)(F)F)CC4)c3n2C)cc(C(C)(C)C)cc1NS(C)(=O)=O. The van der Waals surface area contributed by atoms with Crippen molar-refractivity contribution < 1.29 is 40.7 Å². The number of amides is 2. The van der Waals surface area contributed by atoms with Gasteiger partial charge in [-0.3, -0.25) is 14.3 Å². The van der Waals surface area contributed by atoms with Gasteiger partial charge in [0.1, 0.15) is 17.5 Å². The van der Waals surface area contributed by atoms with Gasteiger partial charge in [0.25, 0.3) is 5.91 Å². The monoisotopic (exact) mass is 624 g/mol. The maximum absolute atomic E-state index is 13.6. The van der Waals surface area contributed by atoms with Crippen molar-refractivity contribution in [1.29, 1.82) is 0 Å². The topological polar surface area (TPSA) is 119 Å². The smallest absolute Gasteiger partial charge is 0.471 e. The van der Waals surface area contributed by atoms with Crippen molar-refractivity contribution in [2.75, 3.05) is 36.5 Å². The fourth-order valence-electron chi connectivity index (χ4n) is 5.06. The normalized spacial score (nSPS) is 15.0. The predicted octanol–water partition coefficient (Wildman–Crippen LogP) is 5.04. The first-order valence-corrected chi connectivity index (χ1v) is 15.4. The summed E-state index contributed by atoms with van der Waals surface area (Å²) in [6, 6.07) is 10.4. The van der Waals surface area contributed by atoms with E-state index >= 15 is 0 Å². The summed E-state index contributed by atoms with van der Waals surface area (Å²) < 4.78 is 78.3. The van der Waals surface area contributed by atoms with Gasteiger partial charge in [-0.15, -0.1) is 0 Å². The van der Waals surface area contributed by atoms with Crippen LogP contribution in [-0.4, -0.2) is 68.4 Å². The number of methoxy groups -OCH3 is 1. The first-order valence-electron chi connectivity index (χ1n) is 13.5. The van der Waals surface area contributed by atoms with Crippen molar-refractivity contribution in [3.05, 3.63) is 47.7 Å². The molecule has 4 rings (SSSR count). The number of piperidine rings is 1. The molecule has 0 unspecified atom stereocenters. The number of carbonyl (C=O) groups excluding carboxylic acids is 2. The van der Waals surface area contributed by atoms with Crippen molar-refractivity contribution in [3.8, 4) is 11.5 Å². The third kappa shape index (κ3) is 7.17. The standard InChI is InChI=1S/C29H35F3N4O6S/c1-28(2,3)18-15-20(25(41-5)21(16-18)34-43(6,39)40)33-26(37)22-14-17-8-7-9-23(24(17)35(22)4)42-19-10-12-36(13-11-19)27(38)29(30,31)32/h7-9,14-16,19,34H,10-13H2,1-6H3,(H,33,37). The number of aryl methyl sites for hydroxylation is 1. The number of nitrogens with one attached hydrogen (secondary N) is 2. The van der Waals surface area contributed by atoms with E-state index in [0.717, 1.165) is 16.7 Å². The maximum atomic E-state index is 13.6. The third-order valence-corrected chi connectivity index (χ3v) is 7.81. The van der Waals surface area contributed by atoms with Gasteiger partial charge < -0.3 is 24.3 Å². The summed E-state index contributed by atoms with van der Waals surface area (Å²) in [4.78, 5) is 26.0. The lowest BCUT2D eigenvalue weighted by Crippen LogP contribution is -2.47. The number of para-hydroxylation sites is 1. The number of ether oxygens (including phenoxy) is 2. The molecule has 1 aromatic heterocycles. The van der Waals surface area contributed by atoms with E-state index in [0.29, 0.717) is 16.7 Å². The molecule has 1 fully saturated rings. The molecule has 14 heteroatoms. The molecule has 0 aliphatic carbocycles. The van der Waals surface area contributed by atoms with Gasteiger partial charge in [-0.25, -0.2) is 8.42 Å². The number of benzene rings is 2. The summed E-state index contributed by atoms with van der Waals surface area (Å²) in [6.45, 7) is 5.70. The fraction of sp³-hybridized carbons (Fsp3) is 0.448. The summed E-state index contributed by atoms with van der Waals surface area (Å²) in [5.41, 5.74) is 1.71. The van der Waals surface area contributed by atoms with E-state index in [-0.39, 0.29) is 54.2 Å². The molecule has 43 heavy (non-hydrogen) atoms. The van der Waals surface area contributed by atoms with Gasteiger partial charge in [0.05, 0.1) is 30.3 Å². The first-order chi connectivity index (χ1) is 19.9. The highest BCUT2D eigenvalue weighted by atomic mass is 32.2. The van der Waals surface area contributed by atoms with E-state index in [9.17, 15) is 31.2 Å². The molecule has 0 spiro atoms. The molecule has 0 bridgehead atoms. The lowest BCUT2D eigenvalue weighted by atomic mass is 9.86. The minimum atomic E-state index is -4.91. The molecule has 3 aromatic rings. The highest BCUT2D eigenvalue weighted by Gasteiger charge is 2.43. The summed E-state index contributed by atoms with van der Waals surface area (Å²) >= 11 is 0. The second-order valence-corrected chi connectivity index (χ2v) is 13.3. The maximum Gasteiger partial charge on any atom is 0.471 e. The Kier molecular flexibility index (Phi) is 8.65. The van der Waals surface area contributed by atoms with Crippen LogP contribution in [0.1, 0.15) is 49.7 Å². The Morgan fingerprint density at radius 3 is 2.21 bits per heavy atom. The zero-order valence-electron chi connectivity index (χ0n) is 24.8. The molecule has 1 aliphatic heterocycles. The Hall–Kier alpha value is -3.94. The molecule has 2 heterocycles. The summed E-state index contributed by atoms with van der Waals surface area (Å²) in [5.74, 6) is -1.75. The van der Waals surface area contributed by atoms with Gasteiger partial charge in [-0.2, -0.15) is 13.2 Å². The van der Waals surface area contributed by atoms with E-state index < -0.39 is 34.1 Å². The number of carbonyl (C=O) groups is 2. The fourth-order valence-corrected chi connectivity index (χ4v) is 5.62. The van der Waals surface area contributed by atoms with Crippen molar-refractivity contribution in [2.24, 2.45) is 7.05 Å². The predicted molar refractivity (Wildman–Crippen MR) is 157 cm³/mol. The zero-order valence-corrected chi connectivity index (χ0v) is 25.6. The highest BCUT2D eigenvalue weighted by Crippen LogP contribution is 2.40. The minimum Gasteiger partial charge on any atom is -0.492 e. The lowest BCUT2D eigenvalue weighted by molar-refractivity contribution is -0.187. The van der Waals surface area contributed by atoms with Crippen molar-refractivity contribution in [1.82, 2.24) is 9.47 Å². The second-order valence-electron chi connectivity index (χ2n) is 11.6. The molecule has 0 saturated carbocycles. The Morgan fingerprint density at radius 2 is 1.65 bits per heavy atom. The van der Waals surface area contributed by atoms with Gasteiger partial charge in [0, 0.05) is 38.4 Å². The molecule has 1 aliphatic rings. The van der Waals surface area contributed by atoms with Crippen LogP contribution in [0.5, 0.6) is 11.5 Å². The first kappa shape index (κ1) is 32.0. The largest absolute Gasteiger partial charge is 0.492 e. The summed E-state index contributed by atoms with van der Waals surface area (Å²) in [5, 5.41) is 3.56. The summed E-state index contributed by atoms with van der Waals surface area (Å²) in [7, 11) is -0.592. The van der Waals surface area contributed by atoms with Crippen LogP contribution in [0.3, 0.4) is 0 Å². The van der Waals surface area contributed by atoms with E-state index in [1.807, 2.05) is 20.8 Å². The number of halogens is 3. The number of sulfonamides is 1. The number of aromatic nitrogens is 1. The molecular weight excluding hydrogens is 589 g/mol. The zero-order chi connectivity index (χ0) is 31.9. The highest BCUT2D eigenvalue weighted by molar-refractivity contribution is 7.92. The molecule has 1 saturated heterocycles. The number of fused-ring (bicyclic) bond motifs is 1. The Labute approximate surface area is 248 Å². The quantitative estimate of drug-likeness (QED) is 0.380. The van der Waals surface area contributed by atoms with Gasteiger partial charge in [0.15, 0.2) is 5.75 Å². The second kappa shape index (κ2) is 11.6. The third-order valence-electron chi connectivity index (χ3n) is 7.22. The molecule has 0 atom stereocenters. The van der Waals surface area contributed by atoms with Crippen LogP contribution in [-0.2, 0) is 27.3 Å². The van der Waals surface area contributed by atoms with Crippen molar-refractivity contribution >= 4 is 44.1 Å². The number of nitrogens with zero attached hydrogens (tertiary/aromatic N) is 2. The number of anilines is 2. The van der Waals surface area contributed by atoms with Crippen LogP contribution in [0, 0.1) is 0 Å². The Morgan fingerprint density at radius 1 is 1.02 bits per heavy atom. The Balaban J connectivity index is 1.62. The van der Waals surface area contributed by atoms with Crippen molar-refractivity contribution in [2.45, 2.75) is 51.3 Å². The number of alkyl halides is 3. The lowest BCUT2D eigenvalue weighted by Gasteiger charge is -2.32. The van der Waals surface area contributed by atoms with Crippen LogP contribution in [0.2, 0.25) is 0 Å². The summed E-state index contributed by atoms with van der Waals surface area (Å²) in [6.07, 6.45) is -3.86. The molecule has 0 radical (unpaired) electrons. The van der Waals surface area contributed by atoms with E-state index in [1.54, 1.807) is 48.0 Å². The molecule has 234 valence electrons. The number of hydrogen-bond donors (Lipinski definition) is 2. The van der Waals surface area contributed by atoms with Gasteiger partial charge >= 0.3 is 12.1 Å².